The molecule has 7 nitrogen and oxygen atoms in total. The standard InChI is InChI=1S/C22H27Cl2N3O4/c1-14(22(30)31)25-21(29)16-8-12-27(13-9-16)18(28)7-5-15-4-6-17(20(24)19(15)23)26-10-2-3-11-26/h4-7,14,16H,2-3,8-13H2,1H3,(H,25,29)(H,30,31). The van der Waals surface area contributed by atoms with Gasteiger partial charge in [-0.1, -0.05) is 29.3 Å². The van der Waals surface area contributed by atoms with Gasteiger partial charge in [-0.3, -0.25) is 14.4 Å². The number of halogens is 2. The summed E-state index contributed by atoms with van der Waals surface area (Å²) in [6.07, 6.45) is 6.41. The molecule has 9 heteroatoms. The van der Waals surface area contributed by atoms with Crippen LogP contribution in [0.3, 0.4) is 0 Å². The third kappa shape index (κ3) is 5.71. The van der Waals surface area contributed by atoms with Crippen LogP contribution in [-0.4, -0.2) is 60.0 Å². The van der Waals surface area contributed by atoms with Crippen molar-refractivity contribution in [2.45, 2.75) is 38.6 Å². The second-order valence-electron chi connectivity index (χ2n) is 8.00. The summed E-state index contributed by atoms with van der Waals surface area (Å²) in [6, 6.07) is 2.88. The summed E-state index contributed by atoms with van der Waals surface area (Å²) >= 11 is 12.9. The molecule has 1 atom stereocenters. The first-order valence-electron chi connectivity index (χ1n) is 10.5. The van der Waals surface area contributed by atoms with E-state index in [1.807, 2.05) is 12.1 Å². The Balaban J connectivity index is 1.56. The minimum absolute atomic E-state index is 0.159. The highest BCUT2D eigenvalue weighted by Crippen LogP contribution is 2.37. The molecule has 0 radical (unpaired) electrons. The SMILES string of the molecule is CC(NC(=O)C1CCN(C(=O)C=Cc2ccc(N3CCCC3)c(Cl)c2Cl)CC1)C(=O)O. The molecule has 2 aliphatic heterocycles. The van der Waals surface area contributed by atoms with Crippen LogP contribution in [0.4, 0.5) is 5.69 Å². The van der Waals surface area contributed by atoms with E-state index >= 15 is 0 Å². The molecule has 2 N–H and O–H groups in total. The number of likely N-dealkylation sites (tertiary alicyclic amines) is 1. The third-order valence-corrected chi connectivity index (χ3v) is 6.74. The van der Waals surface area contributed by atoms with E-state index in [1.54, 1.807) is 11.0 Å². The van der Waals surface area contributed by atoms with Crippen molar-refractivity contribution in [3.8, 4) is 0 Å². The van der Waals surface area contributed by atoms with Gasteiger partial charge in [0.1, 0.15) is 6.04 Å². The van der Waals surface area contributed by atoms with Crippen molar-refractivity contribution in [3.63, 3.8) is 0 Å². The number of carboxylic acids is 1. The van der Waals surface area contributed by atoms with Gasteiger partial charge in [-0.15, -0.1) is 0 Å². The van der Waals surface area contributed by atoms with E-state index in [0.29, 0.717) is 41.5 Å². The highest BCUT2D eigenvalue weighted by atomic mass is 35.5. The minimum Gasteiger partial charge on any atom is -0.480 e. The molecule has 1 aromatic carbocycles. The lowest BCUT2D eigenvalue weighted by Crippen LogP contribution is -2.46. The number of hydrogen-bond acceptors (Lipinski definition) is 4. The number of carboxylic acid groups (broad SMARTS) is 1. The van der Waals surface area contributed by atoms with Crippen LogP contribution in [0.15, 0.2) is 18.2 Å². The van der Waals surface area contributed by atoms with Gasteiger partial charge in [0.25, 0.3) is 0 Å². The first-order valence-corrected chi connectivity index (χ1v) is 11.3. The van der Waals surface area contributed by atoms with Crippen LogP contribution < -0.4 is 10.2 Å². The van der Waals surface area contributed by atoms with Crippen LogP contribution in [-0.2, 0) is 14.4 Å². The molecule has 168 valence electrons. The Morgan fingerprint density at radius 2 is 1.74 bits per heavy atom. The average molecular weight is 468 g/mol. The van der Waals surface area contributed by atoms with Crippen LogP contribution in [0.2, 0.25) is 10.0 Å². The molecule has 0 bridgehead atoms. The molecule has 0 aliphatic carbocycles. The maximum Gasteiger partial charge on any atom is 0.325 e. The lowest BCUT2D eigenvalue weighted by molar-refractivity contribution is -0.142. The predicted molar refractivity (Wildman–Crippen MR) is 121 cm³/mol. The Kier molecular flexibility index (Phi) is 7.84. The minimum atomic E-state index is -1.07. The van der Waals surface area contributed by atoms with Crippen molar-refractivity contribution in [1.29, 1.82) is 0 Å². The molecule has 2 heterocycles. The van der Waals surface area contributed by atoms with Crippen molar-refractivity contribution in [2.24, 2.45) is 5.92 Å². The fourth-order valence-corrected chi connectivity index (χ4v) is 4.42. The summed E-state index contributed by atoms with van der Waals surface area (Å²) in [5.41, 5.74) is 1.60. The Morgan fingerprint density at radius 1 is 1.10 bits per heavy atom. The fraction of sp³-hybridized carbons (Fsp3) is 0.500. The molecule has 2 aliphatic rings. The zero-order valence-electron chi connectivity index (χ0n) is 17.4. The maximum absolute atomic E-state index is 12.6. The monoisotopic (exact) mass is 467 g/mol. The number of anilines is 1. The number of carbonyl (C=O) groups excluding carboxylic acids is 2. The van der Waals surface area contributed by atoms with Gasteiger partial charge in [-0.05, 0) is 50.3 Å². The summed E-state index contributed by atoms with van der Waals surface area (Å²) in [5, 5.41) is 12.3. The maximum atomic E-state index is 12.6. The zero-order valence-corrected chi connectivity index (χ0v) is 19.0. The Bertz CT molecular complexity index is 876. The topological polar surface area (TPSA) is 90.0 Å². The van der Waals surface area contributed by atoms with Crippen LogP contribution in [0.1, 0.15) is 38.2 Å². The first kappa shape index (κ1) is 23.4. The van der Waals surface area contributed by atoms with Crippen LogP contribution in [0.25, 0.3) is 6.08 Å². The first-order chi connectivity index (χ1) is 14.8. The van der Waals surface area contributed by atoms with E-state index in [-0.39, 0.29) is 17.7 Å². The number of aliphatic carboxylic acids is 1. The molecule has 2 fully saturated rings. The normalized spacial score (nSPS) is 18.4. The second-order valence-corrected chi connectivity index (χ2v) is 8.75. The Labute approximate surface area is 192 Å². The second kappa shape index (κ2) is 10.4. The Morgan fingerprint density at radius 3 is 2.35 bits per heavy atom. The van der Waals surface area contributed by atoms with Gasteiger partial charge in [0.15, 0.2) is 0 Å². The molecule has 0 spiro atoms. The largest absolute Gasteiger partial charge is 0.480 e. The molecular weight excluding hydrogens is 441 g/mol. The number of hydrogen-bond donors (Lipinski definition) is 2. The van der Waals surface area contributed by atoms with E-state index in [4.69, 9.17) is 28.3 Å². The summed E-state index contributed by atoms with van der Waals surface area (Å²) in [6.45, 7) is 4.23. The fourth-order valence-electron chi connectivity index (χ4n) is 3.91. The van der Waals surface area contributed by atoms with Crippen molar-refractivity contribution in [3.05, 3.63) is 33.8 Å². The van der Waals surface area contributed by atoms with Crippen molar-refractivity contribution in [2.75, 3.05) is 31.1 Å². The van der Waals surface area contributed by atoms with Gasteiger partial charge in [-0.2, -0.15) is 0 Å². The zero-order chi connectivity index (χ0) is 22.5. The number of benzene rings is 1. The summed E-state index contributed by atoms with van der Waals surface area (Å²) < 4.78 is 0. The van der Waals surface area contributed by atoms with Gasteiger partial charge in [0, 0.05) is 38.2 Å². The van der Waals surface area contributed by atoms with E-state index in [9.17, 15) is 14.4 Å². The number of rotatable bonds is 6. The molecule has 3 rings (SSSR count). The smallest absolute Gasteiger partial charge is 0.325 e. The molecular formula is C22H27Cl2N3O4. The van der Waals surface area contributed by atoms with E-state index in [0.717, 1.165) is 31.6 Å². The van der Waals surface area contributed by atoms with Crippen molar-refractivity contribution in [1.82, 2.24) is 10.2 Å². The lowest BCUT2D eigenvalue weighted by atomic mass is 9.95. The highest BCUT2D eigenvalue weighted by molar-refractivity contribution is 6.44. The van der Waals surface area contributed by atoms with Gasteiger partial charge in [0.05, 0.1) is 15.7 Å². The molecule has 2 amide bonds. The lowest BCUT2D eigenvalue weighted by Gasteiger charge is -2.31. The molecule has 0 aromatic heterocycles. The summed E-state index contributed by atoms with van der Waals surface area (Å²) in [5.74, 6) is -1.80. The number of amides is 2. The quantitative estimate of drug-likeness (QED) is 0.625. The molecule has 0 saturated carbocycles. The van der Waals surface area contributed by atoms with Gasteiger partial charge in [0.2, 0.25) is 11.8 Å². The van der Waals surface area contributed by atoms with Gasteiger partial charge >= 0.3 is 5.97 Å². The van der Waals surface area contributed by atoms with Gasteiger partial charge < -0.3 is 20.2 Å². The van der Waals surface area contributed by atoms with Crippen LogP contribution >= 0.6 is 23.2 Å². The average Bonchev–Trinajstić information content (AvgIpc) is 3.29. The van der Waals surface area contributed by atoms with E-state index < -0.39 is 12.0 Å². The van der Waals surface area contributed by atoms with E-state index in [1.165, 1.54) is 13.0 Å². The van der Waals surface area contributed by atoms with Crippen molar-refractivity contribution >= 4 is 52.7 Å². The molecule has 1 aromatic rings. The van der Waals surface area contributed by atoms with Gasteiger partial charge in [-0.25, -0.2) is 0 Å². The highest BCUT2D eigenvalue weighted by Gasteiger charge is 2.28. The van der Waals surface area contributed by atoms with Crippen LogP contribution in [0, 0.1) is 5.92 Å². The molecule has 31 heavy (non-hydrogen) atoms. The van der Waals surface area contributed by atoms with Crippen molar-refractivity contribution < 1.29 is 19.5 Å². The molecule has 1 unspecified atom stereocenters. The van der Waals surface area contributed by atoms with E-state index in [2.05, 4.69) is 10.2 Å². The number of nitrogens with zero attached hydrogens (tertiary/aromatic N) is 2. The summed E-state index contributed by atoms with van der Waals surface area (Å²) in [7, 11) is 0. The Hall–Kier alpha value is -2.25. The predicted octanol–water partition coefficient (Wildman–Crippen LogP) is 3.43. The summed E-state index contributed by atoms with van der Waals surface area (Å²) in [4.78, 5) is 39.5. The number of piperidine rings is 1. The number of nitrogens with one attached hydrogen (secondary N) is 1. The van der Waals surface area contributed by atoms with Crippen LogP contribution in [0.5, 0.6) is 0 Å². The number of carbonyl (C=O) groups is 3. The molecule has 2 saturated heterocycles. The third-order valence-electron chi connectivity index (χ3n) is 5.85.